The number of carbonyl (C=O) groups is 1. The van der Waals surface area contributed by atoms with Gasteiger partial charge in [0, 0.05) is 44.5 Å². The van der Waals surface area contributed by atoms with Crippen molar-refractivity contribution in [3.63, 3.8) is 0 Å². The van der Waals surface area contributed by atoms with Gasteiger partial charge in [0.05, 0.1) is 11.8 Å². The Morgan fingerprint density at radius 2 is 2.10 bits per heavy atom. The van der Waals surface area contributed by atoms with Crippen molar-refractivity contribution in [1.29, 1.82) is 0 Å². The summed E-state index contributed by atoms with van der Waals surface area (Å²) in [5.41, 5.74) is 3.56. The lowest BCUT2D eigenvalue weighted by molar-refractivity contribution is 0.0714. The zero-order chi connectivity index (χ0) is 20.7. The van der Waals surface area contributed by atoms with Crippen LogP contribution in [0.2, 0.25) is 0 Å². The summed E-state index contributed by atoms with van der Waals surface area (Å²) >= 11 is 0. The number of nitrogens with one attached hydrogen (secondary N) is 1. The highest BCUT2D eigenvalue weighted by atomic mass is 16.5. The average molecular weight is 401 g/mol. The molecule has 30 heavy (non-hydrogen) atoms. The Kier molecular flexibility index (Phi) is 4.31. The molecule has 1 N–H and O–H groups in total. The van der Waals surface area contributed by atoms with Gasteiger partial charge in [0.15, 0.2) is 11.5 Å². The van der Waals surface area contributed by atoms with Gasteiger partial charge in [-0.1, -0.05) is 29.4 Å². The van der Waals surface area contributed by atoms with Gasteiger partial charge in [-0.25, -0.2) is 0 Å². The molecule has 1 aliphatic heterocycles. The Morgan fingerprint density at radius 1 is 1.23 bits per heavy atom. The molecule has 0 bridgehead atoms. The molecule has 150 valence electrons. The number of hydrogen-bond acceptors (Lipinski definition) is 5. The molecule has 0 spiro atoms. The monoisotopic (exact) mass is 401 g/mol. The fraction of sp³-hybridized carbons (Fsp3) is 0.182. The number of amides is 1. The van der Waals surface area contributed by atoms with E-state index >= 15 is 0 Å². The molecular weight excluding hydrogens is 382 g/mol. The van der Waals surface area contributed by atoms with Gasteiger partial charge in [-0.15, -0.1) is 0 Å². The number of rotatable bonds is 3. The molecule has 1 aromatic carbocycles. The van der Waals surface area contributed by atoms with E-state index < -0.39 is 0 Å². The summed E-state index contributed by atoms with van der Waals surface area (Å²) in [4.78, 5) is 29.6. The molecule has 0 aliphatic carbocycles. The fourth-order valence-corrected chi connectivity index (χ4v) is 3.95. The highest BCUT2D eigenvalue weighted by molar-refractivity contribution is 5.93. The van der Waals surface area contributed by atoms with E-state index in [9.17, 15) is 9.59 Å². The molecule has 4 heterocycles. The molecule has 5 rings (SSSR count). The molecule has 0 saturated carbocycles. The first-order valence-corrected chi connectivity index (χ1v) is 9.60. The zero-order valence-corrected chi connectivity index (χ0v) is 16.3. The molecule has 0 radical (unpaired) electrons. The normalized spacial score (nSPS) is 15.8. The smallest absolute Gasteiger partial charge is 0.276 e. The number of pyridine rings is 1. The SMILES string of the molecule is Cn1cc(C2CN(C(=O)c3cc(-c4ccc[nH]c4=O)on3)Cc3ccccc32)cn1. The average Bonchev–Trinajstić information content (AvgIpc) is 3.42. The van der Waals surface area contributed by atoms with Gasteiger partial charge in [0.2, 0.25) is 0 Å². The van der Waals surface area contributed by atoms with E-state index in [4.69, 9.17) is 4.52 Å². The van der Waals surface area contributed by atoms with E-state index in [1.54, 1.807) is 21.7 Å². The second-order valence-corrected chi connectivity index (χ2v) is 7.37. The van der Waals surface area contributed by atoms with Crippen molar-refractivity contribution in [2.24, 2.45) is 7.05 Å². The highest BCUT2D eigenvalue weighted by Gasteiger charge is 2.31. The van der Waals surface area contributed by atoms with Crippen LogP contribution in [0.15, 0.2) is 70.4 Å². The lowest BCUT2D eigenvalue weighted by atomic mass is 9.86. The Bertz CT molecular complexity index is 1290. The van der Waals surface area contributed by atoms with Crippen molar-refractivity contribution >= 4 is 5.91 Å². The zero-order valence-electron chi connectivity index (χ0n) is 16.3. The standard InChI is InChI=1S/C22H19N5O3/c1-26-11-15(10-24-26)18-13-27(12-14-5-2-3-6-16(14)18)22(29)19-9-20(30-25-19)17-7-4-8-23-21(17)28/h2-11,18H,12-13H2,1H3,(H,23,28). The first-order chi connectivity index (χ1) is 14.6. The molecule has 1 amide bonds. The Hall–Kier alpha value is -3.94. The minimum absolute atomic E-state index is 0.0240. The predicted octanol–water partition coefficient (Wildman–Crippen LogP) is 2.55. The van der Waals surface area contributed by atoms with Crippen LogP contribution in [-0.2, 0) is 13.6 Å². The maximum Gasteiger partial charge on any atom is 0.276 e. The number of benzene rings is 1. The molecule has 0 saturated heterocycles. The van der Waals surface area contributed by atoms with Crippen LogP contribution in [0.3, 0.4) is 0 Å². The van der Waals surface area contributed by atoms with Crippen molar-refractivity contribution in [3.05, 3.63) is 93.8 Å². The van der Waals surface area contributed by atoms with Crippen molar-refractivity contribution in [1.82, 2.24) is 24.8 Å². The summed E-state index contributed by atoms with van der Waals surface area (Å²) in [7, 11) is 1.88. The minimum Gasteiger partial charge on any atom is -0.355 e. The van der Waals surface area contributed by atoms with Crippen LogP contribution in [0, 0.1) is 0 Å². The molecular formula is C22H19N5O3. The lowest BCUT2D eigenvalue weighted by Crippen LogP contribution is -2.38. The molecule has 3 aromatic heterocycles. The van der Waals surface area contributed by atoms with Crippen LogP contribution in [0.4, 0.5) is 0 Å². The third-order valence-electron chi connectivity index (χ3n) is 5.42. The van der Waals surface area contributed by atoms with Gasteiger partial charge >= 0.3 is 0 Å². The fourth-order valence-electron chi connectivity index (χ4n) is 3.95. The number of fused-ring (bicyclic) bond motifs is 1. The van der Waals surface area contributed by atoms with E-state index in [1.165, 1.54) is 17.8 Å². The van der Waals surface area contributed by atoms with Gasteiger partial charge < -0.3 is 14.4 Å². The highest BCUT2D eigenvalue weighted by Crippen LogP contribution is 2.34. The topological polar surface area (TPSA) is 97.0 Å². The summed E-state index contributed by atoms with van der Waals surface area (Å²) in [6.07, 6.45) is 5.36. The van der Waals surface area contributed by atoms with E-state index in [1.807, 2.05) is 37.6 Å². The van der Waals surface area contributed by atoms with Crippen LogP contribution >= 0.6 is 0 Å². The molecule has 0 fully saturated rings. The second-order valence-electron chi connectivity index (χ2n) is 7.37. The first-order valence-electron chi connectivity index (χ1n) is 9.60. The molecule has 8 nitrogen and oxygen atoms in total. The van der Waals surface area contributed by atoms with Crippen molar-refractivity contribution < 1.29 is 9.32 Å². The maximum atomic E-state index is 13.2. The molecule has 1 aliphatic rings. The van der Waals surface area contributed by atoms with E-state index in [0.717, 1.165) is 11.1 Å². The van der Waals surface area contributed by atoms with Crippen LogP contribution in [0.5, 0.6) is 0 Å². The van der Waals surface area contributed by atoms with Gasteiger partial charge in [-0.05, 0) is 28.8 Å². The third kappa shape index (κ3) is 3.12. The van der Waals surface area contributed by atoms with Crippen LogP contribution in [-0.4, -0.2) is 37.3 Å². The van der Waals surface area contributed by atoms with Crippen molar-refractivity contribution in [2.45, 2.75) is 12.5 Å². The Labute approximate surface area is 171 Å². The first kappa shape index (κ1) is 18.1. The summed E-state index contributed by atoms with van der Waals surface area (Å²) in [6, 6.07) is 13.0. The molecule has 8 heteroatoms. The summed E-state index contributed by atoms with van der Waals surface area (Å²) < 4.78 is 7.06. The second kappa shape index (κ2) is 7.14. The van der Waals surface area contributed by atoms with Gasteiger partial charge in [0.1, 0.15) is 0 Å². The van der Waals surface area contributed by atoms with E-state index in [0.29, 0.717) is 18.7 Å². The quantitative estimate of drug-likeness (QED) is 0.569. The largest absolute Gasteiger partial charge is 0.355 e. The van der Waals surface area contributed by atoms with Gasteiger partial charge in [-0.3, -0.25) is 14.3 Å². The number of aromatic nitrogens is 4. The van der Waals surface area contributed by atoms with Gasteiger partial charge in [-0.2, -0.15) is 5.10 Å². The van der Waals surface area contributed by atoms with Crippen molar-refractivity contribution in [2.75, 3.05) is 6.54 Å². The van der Waals surface area contributed by atoms with Crippen LogP contribution < -0.4 is 5.56 Å². The minimum atomic E-state index is -0.295. The number of hydrogen-bond donors (Lipinski definition) is 1. The number of H-pyrrole nitrogens is 1. The number of nitrogens with zero attached hydrogens (tertiary/aromatic N) is 4. The number of aryl methyl sites for hydroxylation is 1. The van der Waals surface area contributed by atoms with Crippen LogP contribution in [0.25, 0.3) is 11.3 Å². The van der Waals surface area contributed by atoms with Gasteiger partial charge in [0.25, 0.3) is 11.5 Å². The maximum absolute atomic E-state index is 13.2. The summed E-state index contributed by atoms with van der Waals surface area (Å²) in [5.74, 6) is 0.0538. The molecule has 1 atom stereocenters. The van der Waals surface area contributed by atoms with E-state index in [-0.39, 0.29) is 28.8 Å². The third-order valence-corrected chi connectivity index (χ3v) is 5.42. The summed E-state index contributed by atoms with van der Waals surface area (Å²) in [5, 5.41) is 8.22. The molecule has 1 unspecified atom stereocenters. The van der Waals surface area contributed by atoms with E-state index in [2.05, 4.69) is 21.3 Å². The molecule has 4 aromatic rings. The van der Waals surface area contributed by atoms with Crippen molar-refractivity contribution in [3.8, 4) is 11.3 Å². The Balaban J connectivity index is 1.47. The Morgan fingerprint density at radius 3 is 2.90 bits per heavy atom. The number of carbonyl (C=O) groups excluding carboxylic acids is 1. The van der Waals surface area contributed by atoms with Crippen LogP contribution in [0.1, 0.15) is 33.1 Å². The summed E-state index contributed by atoms with van der Waals surface area (Å²) in [6.45, 7) is 0.996. The lowest BCUT2D eigenvalue weighted by Gasteiger charge is -2.34. The number of aromatic amines is 1. The predicted molar refractivity (Wildman–Crippen MR) is 109 cm³/mol.